The fraction of sp³-hybridized carbons (Fsp3) is 0.600. The Bertz CT molecular complexity index is 442. The molecule has 4 N–H and O–H groups in total. The van der Waals surface area contributed by atoms with Crippen LogP contribution in [0.15, 0.2) is 18.2 Å². The van der Waals surface area contributed by atoms with Gasteiger partial charge in [-0.05, 0) is 30.9 Å². The Balaban J connectivity index is 2.20. The molecule has 2 rings (SSSR count). The molecule has 0 amide bonds. The summed E-state index contributed by atoms with van der Waals surface area (Å²) in [6.07, 6.45) is 3.26. The zero-order chi connectivity index (χ0) is 14.5. The Morgan fingerprint density at radius 3 is 2.95 bits per heavy atom. The van der Waals surface area contributed by atoms with Gasteiger partial charge in [-0.2, -0.15) is 0 Å². The number of rotatable bonds is 6. The quantitative estimate of drug-likeness (QED) is 0.752. The summed E-state index contributed by atoms with van der Waals surface area (Å²) in [5.74, 6) is 1.05. The Morgan fingerprint density at radius 1 is 1.50 bits per heavy atom. The number of benzene rings is 1. The number of aliphatic hydroxyl groups is 1. The predicted octanol–water partition coefficient (Wildman–Crippen LogP) is 2.10. The van der Waals surface area contributed by atoms with E-state index >= 15 is 0 Å². The second-order valence-corrected chi connectivity index (χ2v) is 5.70. The second kappa shape index (κ2) is 7.27. The smallest absolute Gasteiger partial charge is 0.125 e. The van der Waals surface area contributed by atoms with E-state index in [4.69, 9.17) is 22.1 Å². The highest BCUT2D eigenvalue weighted by atomic mass is 35.5. The van der Waals surface area contributed by atoms with Crippen molar-refractivity contribution in [1.29, 1.82) is 0 Å². The van der Waals surface area contributed by atoms with Crippen LogP contribution in [0.25, 0.3) is 0 Å². The van der Waals surface area contributed by atoms with Gasteiger partial charge in [-0.1, -0.05) is 24.1 Å². The molecule has 0 heterocycles. The van der Waals surface area contributed by atoms with Crippen molar-refractivity contribution in [3.05, 3.63) is 28.8 Å². The number of nitrogens with two attached hydrogens (primary N) is 1. The third-order valence-corrected chi connectivity index (χ3v) is 4.46. The van der Waals surface area contributed by atoms with E-state index < -0.39 is 0 Å². The van der Waals surface area contributed by atoms with Crippen molar-refractivity contribution in [3.63, 3.8) is 0 Å². The van der Waals surface area contributed by atoms with Crippen LogP contribution < -0.4 is 15.8 Å². The summed E-state index contributed by atoms with van der Waals surface area (Å²) in [6, 6.07) is 5.83. The largest absolute Gasteiger partial charge is 0.496 e. The van der Waals surface area contributed by atoms with E-state index in [0.717, 1.165) is 30.6 Å². The van der Waals surface area contributed by atoms with Gasteiger partial charge in [-0.3, -0.25) is 0 Å². The highest BCUT2D eigenvalue weighted by Gasteiger charge is 2.30. The van der Waals surface area contributed by atoms with Crippen molar-refractivity contribution >= 4 is 11.6 Å². The Kier molecular flexibility index (Phi) is 5.66. The summed E-state index contributed by atoms with van der Waals surface area (Å²) in [7, 11) is 1.63. The van der Waals surface area contributed by atoms with Crippen LogP contribution in [0.5, 0.6) is 5.75 Å². The first-order chi connectivity index (χ1) is 9.71. The molecule has 0 aliphatic heterocycles. The van der Waals surface area contributed by atoms with Crippen molar-refractivity contribution in [2.75, 3.05) is 20.3 Å². The molecule has 1 aromatic carbocycles. The number of hydrogen-bond donors (Lipinski definition) is 3. The molecule has 0 bridgehead atoms. The summed E-state index contributed by atoms with van der Waals surface area (Å²) >= 11 is 6.31. The summed E-state index contributed by atoms with van der Waals surface area (Å²) in [6.45, 7) is 0.656. The number of methoxy groups -OCH3 is 1. The molecule has 1 saturated carbocycles. The van der Waals surface area contributed by atoms with E-state index in [9.17, 15) is 5.11 Å². The fourth-order valence-electron chi connectivity index (χ4n) is 3.04. The number of halogens is 1. The lowest BCUT2D eigenvalue weighted by Gasteiger charge is -2.27. The van der Waals surface area contributed by atoms with Crippen LogP contribution in [0.1, 0.15) is 30.9 Å². The van der Waals surface area contributed by atoms with Gasteiger partial charge in [-0.15, -0.1) is 0 Å². The van der Waals surface area contributed by atoms with Gasteiger partial charge in [-0.25, -0.2) is 0 Å². The van der Waals surface area contributed by atoms with Gasteiger partial charge in [0.2, 0.25) is 0 Å². The monoisotopic (exact) mass is 298 g/mol. The third kappa shape index (κ3) is 3.26. The topological polar surface area (TPSA) is 67.5 Å². The molecular formula is C15H23ClN2O2. The molecule has 112 valence electrons. The van der Waals surface area contributed by atoms with Crippen molar-refractivity contribution in [1.82, 2.24) is 5.32 Å². The molecule has 1 aliphatic rings. The van der Waals surface area contributed by atoms with Gasteiger partial charge in [0.15, 0.2) is 0 Å². The molecule has 0 saturated heterocycles. The minimum atomic E-state index is -0.0594. The zero-order valence-corrected chi connectivity index (χ0v) is 12.6. The van der Waals surface area contributed by atoms with Gasteiger partial charge in [0, 0.05) is 35.8 Å². The number of hydrogen-bond acceptors (Lipinski definition) is 4. The molecule has 0 spiro atoms. The number of aliphatic hydroxyl groups excluding tert-OH is 1. The highest BCUT2D eigenvalue weighted by Crippen LogP contribution is 2.34. The summed E-state index contributed by atoms with van der Waals surface area (Å²) in [4.78, 5) is 0. The maximum Gasteiger partial charge on any atom is 0.125 e. The van der Waals surface area contributed by atoms with Gasteiger partial charge in [0.05, 0.1) is 7.11 Å². The summed E-state index contributed by atoms with van der Waals surface area (Å²) in [5, 5.41) is 13.6. The van der Waals surface area contributed by atoms with Gasteiger partial charge in [0.25, 0.3) is 0 Å². The molecule has 0 radical (unpaired) electrons. The first-order valence-electron chi connectivity index (χ1n) is 7.10. The predicted molar refractivity (Wildman–Crippen MR) is 81.1 cm³/mol. The number of ether oxygens (including phenoxy) is 1. The summed E-state index contributed by atoms with van der Waals surface area (Å²) in [5.41, 5.74) is 6.83. The Morgan fingerprint density at radius 2 is 2.30 bits per heavy atom. The molecule has 20 heavy (non-hydrogen) atoms. The van der Waals surface area contributed by atoms with Crippen LogP contribution >= 0.6 is 11.6 Å². The van der Waals surface area contributed by atoms with Crippen molar-refractivity contribution in [2.45, 2.75) is 31.3 Å². The molecule has 3 unspecified atom stereocenters. The Hall–Kier alpha value is -0.810. The first-order valence-corrected chi connectivity index (χ1v) is 7.48. The fourth-order valence-corrected chi connectivity index (χ4v) is 3.33. The number of nitrogens with one attached hydrogen (secondary N) is 1. The molecule has 5 heteroatoms. The lowest BCUT2D eigenvalue weighted by molar-refractivity contribution is 0.199. The first kappa shape index (κ1) is 15.6. The zero-order valence-electron chi connectivity index (χ0n) is 11.8. The molecule has 4 nitrogen and oxygen atoms in total. The van der Waals surface area contributed by atoms with E-state index in [1.165, 1.54) is 0 Å². The van der Waals surface area contributed by atoms with Crippen molar-refractivity contribution < 1.29 is 9.84 Å². The molecule has 1 aliphatic carbocycles. The molecule has 3 atom stereocenters. The van der Waals surface area contributed by atoms with E-state index in [-0.39, 0.29) is 18.7 Å². The van der Waals surface area contributed by atoms with E-state index in [2.05, 4.69) is 5.32 Å². The van der Waals surface area contributed by atoms with Crippen LogP contribution in [0.3, 0.4) is 0 Å². The SMILES string of the molecule is COc1cccc(Cl)c1C(CN)NC1CCCC1CO. The van der Waals surface area contributed by atoms with Crippen LogP contribution in [-0.4, -0.2) is 31.4 Å². The molecule has 1 aromatic rings. The van der Waals surface area contributed by atoms with E-state index in [0.29, 0.717) is 17.5 Å². The Labute approximate surface area is 125 Å². The van der Waals surface area contributed by atoms with Crippen LogP contribution in [0, 0.1) is 5.92 Å². The van der Waals surface area contributed by atoms with E-state index in [1.54, 1.807) is 7.11 Å². The normalized spacial score (nSPS) is 23.8. The van der Waals surface area contributed by atoms with Crippen LogP contribution in [0.2, 0.25) is 5.02 Å². The third-order valence-electron chi connectivity index (χ3n) is 4.13. The van der Waals surface area contributed by atoms with Gasteiger partial charge in [0.1, 0.15) is 5.75 Å². The maximum atomic E-state index is 9.43. The van der Waals surface area contributed by atoms with Crippen LogP contribution in [-0.2, 0) is 0 Å². The minimum Gasteiger partial charge on any atom is -0.496 e. The van der Waals surface area contributed by atoms with Crippen LogP contribution in [0.4, 0.5) is 0 Å². The van der Waals surface area contributed by atoms with Gasteiger partial charge >= 0.3 is 0 Å². The van der Waals surface area contributed by atoms with E-state index in [1.807, 2.05) is 18.2 Å². The molecular weight excluding hydrogens is 276 g/mol. The minimum absolute atomic E-state index is 0.0594. The van der Waals surface area contributed by atoms with Crippen molar-refractivity contribution in [2.24, 2.45) is 11.7 Å². The second-order valence-electron chi connectivity index (χ2n) is 5.29. The molecule has 1 fully saturated rings. The average Bonchev–Trinajstić information content (AvgIpc) is 2.92. The average molecular weight is 299 g/mol. The molecule has 0 aromatic heterocycles. The maximum absolute atomic E-state index is 9.43. The lowest BCUT2D eigenvalue weighted by Crippen LogP contribution is -2.40. The lowest BCUT2D eigenvalue weighted by atomic mass is 10.00. The highest BCUT2D eigenvalue weighted by molar-refractivity contribution is 6.31. The van der Waals surface area contributed by atoms with Crippen molar-refractivity contribution in [3.8, 4) is 5.75 Å². The van der Waals surface area contributed by atoms with Gasteiger partial charge < -0.3 is 20.9 Å². The summed E-state index contributed by atoms with van der Waals surface area (Å²) < 4.78 is 5.40. The standard InChI is InChI=1S/C15H23ClN2O2/c1-20-14-7-3-5-11(16)15(14)13(8-17)18-12-6-2-4-10(12)9-19/h3,5,7,10,12-13,18-19H,2,4,6,8-9,17H2,1H3.